The minimum atomic E-state index is -3.88. The van der Waals surface area contributed by atoms with E-state index in [9.17, 15) is 13.2 Å². The van der Waals surface area contributed by atoms with Gasteiger partial charge in [0.05, 0.1) is 5.56 Å². The fraction of sp³-hybridized carbons (Fsp3) is 0.524. The van der Waals surface area contributed by atoms with Crippen molar-refractivity contribution in [2.75, 3.05) is 44.2 Å². The van der Waals surface area contributed by atoms with Crippen LogP contribution in [-0.2, 0) is 17.1 Å². The predicted molar refractivity (Wildman–Crippen MR) is 120 cm³/mol. The minimum absolute atomic E-state index is 0.141. The van der Waals surface area contributed by atoms with Crippen LogP contribution in [0.3, 0.4) is 0 Å². The monoisotopic (exact) mass is 465 g/mol. The van der Waals surface area contributed by atoms with E-state index in [2.05, 4.69) is 16.9 Å². The van der Waals surface area contributed by atoms with Crippen LogP contribution in [0, 0.1) is 5.92 Å². The van der Waals surface area contributed by atoms with Crippen molar-refractivity contribution in [2.45, 2.75) is 24.8 Å². The van der Waals surface area contributed by atoms with Gasteiger partial charge in [-0.05, 0) is 43.0 Å². The standard InChI is InChI=1S/C21H28ClN5O3S/c1-16-4-3-9-26(14-16)21(28)19-15-24(2)23-20(19)31(29,30)27-12-10-25(11-13-27)18-7-5-17(22)6-8-18/h5-8,15-16H,3-4,9-14H2,1-2H3. The molecule has 1 amide bonds. The van der Waals surface area contributed by atoms with E-state index in [0.29, 0.717) is 50.2 Å². The first-order valence-corrected chi connectivity index (χ1v) is 12.4. The summed E-state index contributed by atoms with van der Waals surface area (Å²) in [6.07, 6.45) is 3.54. The predicted octanol–water partition coefficient (Wildman–Crippen LogP) is 2.46. The Hall–Kier alpha value is -2.10. The lowest BCUT2D eigenvalue weighted by Gasteiger charge is -2.35. The summed E-state index contributed by atoms with van der Waals surface area (Å²) >= 11 is 5.96. The normalized spacial score (nSPS) is 20.8. The van der Waals surface area contributed by atoms with Crippen molar-refractivity contribution >= 4 is 33.2 Å². The second kappa shape index (κ2) is 8.80. The summed E-state index contributed by atoms with van der Waals surface area (Å²) in [6.45, 7) is 5.18. The molecule has 168 valence electrons. The van der Waals surface area contributed by atoms with E-state index >= 15 is 0 Å². The number of amides is 1. The third-order valence-electron chi connectivity index (χ3n) is 5.98. The lowest BCUT2D eigenvalue weighted by molar-refractivity contribution is 0.0679. The number of benzene rings is 1. The fourth-order valence-corrected chi connectivity index (χ4v) is 5.97. The number of anilines is 1. The summed E-state index contributed by atoms with van der Waals surface area (Å²) in [4.78, 5) is 17.0. The number of rotatable bonds is 4. The molecule has 2 aliphatic rings. The van der Waals surface area contributed by atoms with Crippen LogP contribution in [0.5, 0.6) is 0 Å². The van der Waals surface area contributed by atoms with Gasteiger partial charge in [0.15, 0.2) is 0 Å². The van der Waals surface area contributed by atoms with Crippen molar-refractivity contribution in [3.8, 4) is 0 Å². The Bertz CT molecular complexity index is 1050. The molecule has 8 nitrogen and oxygen atoms in total. The summed E-state index contributed by atoms with van der Waals surface area (Å²) in [7, 11) is -2.23. The van der Waals surface area contributed by atoms with Crippen LogP contribution in [0.4, 0.5) is 5.69 Å². The Morgan fingerprint density at radius 2 is 1.77 bits per heavy atom. The third-order valence-corrected chi connectivity index (χ3v) is 8.07. The Labute approximate surface area is 188 Å². The number of likely N-dealkylation sites (tertiary alicyclic amines) is 1. The van der Waals surface area contributed by atoms with Crippen molar-refractivity contribution in [3.63, 3.8) is 0 Å². The second-order valence-corrected chi connectivity index (χ2v) is 10.7. The van der Waals surface area contributed by atoms with Crippen molar-refractivity contribution in [2.24, 2.45) is 13.0 Å². The Morgan fingerprint density at radius 3 is 2.42 bits per heavy atom. The van der Waals surface area contributed by atoms with Crippen LogP contribution in [-0.4, -0.2) is 72.6 Å². The maximum atomic E-state index is 13.4. The van der Waals surface area contributed by atoms with Gasteiger partial charge in [0.25, 0.3) is 15.9 Å². The molecule has 1 aromatic heterocycles. The molecular weight excluding hydrogens is 438 g/mol. The molecule has 3 heterocycles. The molecule has 0 spiro atoms. The van der Waals surface area contributed by atoms with Crippen LogP contribution in [0.2, 0.25) is 5.02 Å². The number of carbonyl (C=O) groups is 1. The van der Waals surface area contributed by atoms with Gasteiger partial charge in [-0.25, -0.2) is 8.42 Å². The summed E-state index contributed by atoms with van der Waals surface area (Å²) in [5.74, 6) is 0.161. The van der Waals surface area contributed by atoms with Gasteiger partial charge in [0.1, 0.15) is 0 Å². The van der Waals surface area contributed by atoms with Gasteiger partial charge < -0.3 is 9.80 Å². The third kappa shape index (κ3) is 4.58. The molecule has 4 rings (SSSR count). The number of hydrogen-bond donors (Lipinski definition) is 0. The number of aryl methyl sites for hydroxylation is 1. The van der Waals surface area contributed by atoms with Crippen molar-refractivity contribution in [1.82, 2.24) is 19.0 Å². The van der Waals surface area contributed by atoms with Gasteiger partial charge in [0.2, 0.25) is 5.03 Å². The Morgan fingerprint density at radius 1 is 1.10 bits per heavy atom. The quantitative estimate of drug-likeness (QED) is 0.693. The molecule has 0 N–H and O–H groups in total. The van der Waals surface area contributed by atoms with Gasteiger partial charge in [0, 0.05) is 63.2 Å². The Balaban J connectivity index is 1.52. The number of sulfonamides is 1. The summed E-state index contributed by atoms with van der Waals surface area (Å²) in [5.41, 5.74) is 1.17. The zero-order valence-corrected chi connectivity index (χ0v) is 19.4. The highest BCUT2D eigenvalue weighted by atomic mass is 35.5. The van der Waals surface area contributed by atoms with Crippen LogP contribution >= 0.6 is 11.6 Å². The molecule has 2 aromatic rings. The van der Waals surface area contributed by atoms with Crippen molar-refractivity contribution in [1.29, 1.82) is 0 Å². The molecule has 0 radical (unpaired) electrons. The van der Waals surface area contributed by atoms with Crippen LogP contribution in [0.1, 0.15) is 30.1 Å². The average molecular weight is 466 g/mol. The van der Waals surface area contributed by atoms with Crippen LogP contribution < -0.4 is 4.90 Å². The number of aromatic nitrogens is 2. The maximum absolute atomic E-state index is 13.4. The highest BCUT2D eigenvalue weighted by molar-refractivity contribution is 7.89. The molecule has 1 atom stereocenters. The van der Waals surface area contributed by atoms with E-state index in [0.717, 1.165) is 18.5 Å². The molecule has 1 aromatic carbocycles. The molecule has 2 fully saturated rings. The number of piperazine rings is 1. The number of nitrogens with zero attached hydrogens (tertiary/aromatic N) is 5. The van der Waals surface area contributed by atoms with Gasteiger partial charge >= 0.3 is 0 Å². The highest BCUT2D eigenvalue weighted by Gasteiger charge is 2.36. The number of halogens is 1. The van der Waals surface area contributed by atoms with E-state index in [1.54, 1.807) is 11.9 Å². The fourth-order valence-electron chi connectivity index (χ4n) is 4.31. The minimum Gasteiger partial charge on any atom is -0.369 e. The maximum Gasteiger partial charge on any atom is 0.263 e. The van der Waals surface area contributed by atoms with E-state index in [1.165, 1.54) is 15.2 Å². The molecule has 31 heavy (non-hydrogen) atoms. The van der Waals surface area contributed by atoms with Crippen LogP contribution in [0.15, 0.2) is 35.5 Å². The molecular formula is C21H28ClN5O3S. The first-order valence-electron chi connectivity index (χ1n) is 10.6. The molecule has 2 saturated heterocycles. The molecule has 10 heteroatoms. The number of hydrogen-bond acceptors (Lipinski definition) is 5. The molecule has 0 bridgehead atoms. The lowest BCUT2D eigenvalue weighted by atomic mass is 10.00. The summed E-state index contributed by atoms with van der Waals surface area (Å²) in [5, 5.41) is 4.72. The second-order valence-electron chi connectivity index (χ2n) is 8.39. The van der Waals surface area contributed by atoms with Gasteiger partial charge in [-0.2, -0.15) is 9.40 Å². The number of piperidine rings is 1. The van der Waals surface area contributed by atoms with E-state index in [1.807, 2.05) is 24.3 Å². The van der Waals surface area contributed by atoms with E-state index in [4.69, 9.17) is 11.6 Å². The van der Waals surface area contributed by atoms with Gasteiger partial charge in [-0.3, -0.25) is 9.48 Å². The molecule has 1 unspecified atom stereocenters. The molecule has 0 saturated carbocycles. The largest absolute Gasteiger partial charge is 0.369 e. The average Bonchev–Trinajstić information content (AvgIpc) is 3.16. The van der Waals surface area contributed by atoms with E-state index in [-0.39, 0.29) is 16.5 Å². The zero-order chi connectivity index (χ0) is 22.2. The zero-order valence-electron chi connectivity index (χ0n) is 17.9. The molecule has 2 aliphatic heterocycles. The first kappa shape index (κ1) is 22.1. The number of carbonyl (C=O) groups excluding carboxylic acids is 1. The van der Waals surface area contributed by atoms with Gasteiger partial charge in [-0.1, -0.05) is 18.5 Å². The summed E-state index contributed by atoms with van der Waals surface area (Å²) in [6, 6.07) is 7.52. The highest BCUT2D eigenvalue weighted by Crippen LogP contribution is 2.25. The first-order chi connectivity index (χ1) is 14.8. The van der Waals surface area contributed by atoms with Gasteiger partial charge in [-0.15, -0.1) is 0 Å². The van der Waals surface area contributed by atoms with E-state index < -0.39 is 10.0 Å². The topological polar surface area (TPSA) is 78.8 Å². The van der Waals surface area contributed by atoms with Crippen LogP contribution in [0.25, 0.3) is 0 Å². The lowest BCUT2D eigenvalue weighted by Crippen LogP contribution is -2.49. The molecule has 0 aliphatic carbocycles. The van der Waals surface area contributed by atoms with Crippen molar-refractivity contribution in [3.05, 3.63) is 41.0 Å². The summed E-state index contributed by atoms with van der Waals surface area (Å²) < 4.78 is 29.7. The smallest absolute Gasteiger partial charge is 0.263 e. The Kier molecular flexibility index (Phi) is 6.27. The SMILES string of the molecule is CC1CCCN(C(=O)c2cn(C)nc2S(=O)(=O)N2CCN(c3ccc(Cl)cc3)CC2)C1. The van der Waals surface area contributed by atoms with Crippen molar-refractivity contribution < 1.29 is 13.2 Å².